The van der Waals surface area contributed by atoms with Crippen LogP contribution in [0.4, 0.5) is 23.0 Å². The molecule has 8 nitrogen and oxygen atoms in total. The van der Waals surface area contributed by atoms with Crippen LogP contribution in [-0.2, 0) is 19.7 Å². The number of piperidine rings is 1. The summed E-state index contributed by atoms with van der Waals surface area (Å²) in [6.45, 7) is 5.95. The Morgan fingerprint density at radius 1 is 1.11 bits per heavy atom. The monoisotopic (exact) mass is 475 g/mol. The molecule has 4 heterocycles. The molecule has 35 heavy (non-hydrogen) atoms. The predicted octanol–water partition coefficient (Wildman–Crippen LogP) is 3.89. The van der Waals surface area contributed by atoms with Crippen LogP contribution >= 0.6 is 0 Å². The molecule has 6 rings (SSSR count). The van der Waals surface area contributed by atoms with E-state index >= 15 is 0 Å². The van der Waals surface area contributed by atoms with Gasteiger partial charge >= 0.3 is 0 Å². The van der Waals surface area contributed by atoms with Crippen LogP contribution in [0.5, 0.6) is 0 Å². The van der Waals surface area contributed by atoms with Crippen molar-refractivity contribution in [2.24, 2.45) is 5.92 Å². The number of fused-ring (bicyclic) bond motifs is 2. The Bertz CT molecular complexity index is 1200. The molecule has 4 aliphatic rings. The van der Waals surface area contributed by atoms with E-state index in [-0.39, 0.29) is 17.2 Å². The number of Topliss-reactive ketones (excluding diaryl/α,β-unsaturated/α-hetero) is 1. The Kier molecular flexibility index (Phi) is 5.14. The third kappa shape index (κ3) is 3.88. The first-order valence-corrected chi connectivity index (χ1v) is 12.7. The molecule has 1 spiro atoms. The van der Waals surface area contributed by atoms with Gasteiger partial charge in [0.25, 0.3) is 0 Å². The van der Waals surface area contributed by atoms with Crippen molar-refractivity contribution in [3.05, 3.63) is 35.7 Å². The van der Waals surface area contributed by atoms with Gasteiger partial charge in [0.05, 0.1) is 5.69 Å². The van der Waals surface area contributed by atoms with Gasteiger partial charge in [-0.3, -0.25) is 9.59 Å². The molecule has 0 bridgehead atoms. The van der Waals surface area contributed by atoms with E-state index in [1.165, 1.54) is 12.5 Å². The number of nitrogens with one attached hydrogen (secondary N) is 1. The van der Waals surface area contributed by atoms with Crippen molar-refractivity contribution >= 4 is 34.7 Å². The summed E-state index contributed by atoms with van der Waals surface area (Å²) in [5.41, 5.74) is 3.98. The van der Waals surface area contributed by atoms with E-state index in [9.17, 15) is 9.59 Å². The first-order valence-electron chi connectivity index (χ1n) is 12.7. The fourth-order valence-corrected chi connectivity index (χ4v) is 5.92. The zero-order valence-electron chi connectivity index (χ0n) is 20.8. The van der Waals surface area contributed by atoms with Crippen molar-refractivity contribution in [1.29, 1.82) is 0 Å². The molecule has 2 aliphatic carbocycles. The third-order valence-corrected chi connectivity index (χ3v) is 8.28. The number of methoxy groups -OCH3 is 1. The Balaban J connectivity index is 1.27. The van der Waals surface area contributed by atoms with Crippen LogP contribution < -0.4 is 15.1 Å². The number of aryl methyl sites for hydroxylation is 1. The molecular weight excluding hydrogens is 442 g/mol. The molecule has 2 aliphatic heterocycles. The number of carbonyl (C=O) groups excluding carboxylic acids is 2. The molecule has 1 N–H and O–H groups in total. The maximum atomic E-state index is 12.9. The standard InChI is InChI=1S/C27H33N5O3/c1-17-12-20(32-16-26(6-7-26)21-15-28-23(14-22(21)32)30-18(2)33)13-24(29-17)31-10-8-27(35-3,9-11-31)25(34)19-4-5-19/h12-15,19H,4-11,16H2,1-3H3,(H,28,30,33). The van der Waals surface area contributed by atoms with E-state index in [1.54, 1.807) is 7.11 Å². The smallest absolute Gasteiger partial charge is 0.222 e. The highest BCUT2D eigenvalue weighted by molar-refractivity contribution is 5.91. The van der Waals surface area contributed by atoms with Gasteiger partial charge in [-0.25, -0.2) is 9.97 Å². The van der Waals surface area contributed by atoms with E-state index in [0.29, 0.717) is 24.4 Å². The maximum Gasteiger partial charge on any atom is 0.222 e. The van der Waals surface area contributed by atoms with Crippen molar-refractivity contribution in [2.75, 3.05) is 41.9 Å². The summed E-state index contributed by atoms with van der Waals surface area (Å²) in [6.07, 6.45) is 7.68. The second-order valence-corrected chi connectivity index (χ2v) is 10.8. The zero-order chi connectivity index (χ0) is 24.4. The van der Waals surface area contributed by atoms with Gasteiger partial charge in [0.1, 0.15) is 17.2 Å². The quantitative estimate of drug-likeness (QED) is 0.678. The number of hydrogen-bond donors (Lipinski definition) is 1. The number of rotatable bonds is 6. The third-order valence-electron chi connectivity index (χ3n) is 8.28. The summed E-state index contributed by atoms with van der Waals surface area (Å²) in [6, 6.07) is 6.29. The van der Waals surface area contributed by atoms with Crippen LogP contribution in [0.2, 0.25) is 0 Å². The van der Waals surface area contributed by atoms with Crippen LogP contribution in [-0.4, -0.2) is 54.0 Å². The second kappa shape index (κ2) is 8.01. The fourth-order valence-electron chi connectivity index (χ4n) is 5.92. The molecule has 0 atom stereocenters. The lowest BCUT2D eigenvalue weighted by atomic mass is 9.84. The average Bonchev–Trinajstić information content (AvgIpc) is 3.76. The van der Waals surface area contributed by atoms with E-state index in [4.69, 9.17) is 9.72 Å². The topological polar surface area (TPSA) is 87.7 Å². The van der Waals surface area contributed by atoms with Crippen LogP contribution in [0.1, 0.15) is 56.7 Å². The molecule has 0 unspecified atom stereocenters. The normalized spacial score (nSPS) is 21.7. The number of aromatic nitrogens is 2. The van der Waals surface area contributed by atoms with Gasteiger partial charge in [-0.05, 0) is 38.7 Å². The largest absolute Gasteiger partial charge is 0.370 e. The highest BCUT2D eigenvalue weighted by Crippen LogP contribution is 2.58. The van der Waals surface area contributed by atoms with Gasteiger partial charge in [0.2, 0.25) is 5.91 Å². The Labute approximate surface area is 206 Å². The number of amides is 1. The molecule has 0 aromatic carbocycles. The van der Waals surface area contributed by atoms with Crippen molar-refractivity contribution in [3.63, 3.8) is 0 Å². The number of ether oxygens (including phenoxy) is 1. The number of carbonyl (C=O) groups is 2. The van der Waals surface area contributed by atoms with E-state index in [1.807, 2.05) is 19.2 Å². The van der Waals surface area contributed by atoms with Gasteiger partial charge in [-0.1, -0.05) is 0 Å². The molecule has 1 amide bonds. The van der Waals surface area contributed by atoms with Crippen LogP contribution in [0.15, 0.2) is 24.4 Å². The first kappa shape index (κ1) is 22.5. The van der Waals surface area contributed by atoms with E-state index in [2.05, 4.69) is 32.2 Å². The Morgan fingerprint density at radius 3 is 2.49 bits per heavy atom. The molecule has 184 valence electrons. The molecule has 0 radical (unpaired) electrons. The highest BCUT2D eigenvalue weighted by Gasteiger charge is 2.52. The van der Waals surface area contributed by atoms with Gasteiger partial charge in [-0.15, -0.1) is 0 Å². The number of hydrogen-bond acceptors (Lipinski definition) is 7. The Hall–Kier alpha value is -3.00. The van der Waals surface area contributed by atoms with E-state index < -0.39 is 5.60 Å². The molecule has 3 fully saturated rings. The highest BCUT2D eigenvalue weighted by atomic mass is 16.5. The SMILES string of the molecule is COC1(C(=O)C2CC2)CCN(c2cc(N3CC4(CC4)c4cnc(NC(C)=O)cc43)cc(C)n2)CC1. The lowest BCUT2D eigenvalue weighted by Gasteiger charge is -2.40. The van der Waals surface area contributed by atoms with Crippen LogP contribution in [0.25, 0.3) is 0 Å². The number of anilines is 4. The number of pyridine rings is 2. The van der Waals surface area contributed by atoms with Gasteiger partial charge < -0.3 is 19.9 Å². The summed E-state index contributed by atoms with van der Waals surface area (Å²) >= 11 is 0. The summed E-state index contributed by atoms with van der Waals surface area (Å²) in [5.74, 6) is 1.90. The predicted molar refractivity (Wildman–Crippen MR) is 134 cm³/mol. The van der Waals surface area contributed by atoms with E-state index in [0.717, 1.165) is 68.2 Å². The summed E-state index contributed by atoms with van der Waals surface area (Å²) in [7, 11) is 1.68. The average molecular weight is 476 g/mol. The van der Waals surface area contributed by atoms with Gasteiger partial charge in [0.15, 0.2) is 5.78 Å². The number of nitrogens with zero attached hydrogens (tertiary/aromatic N) is 4. The second-order valence-electron chi connectivity index (χ2n) is 10.8. The molecule has 2 saturated carbocycles. The van der Waals surface area contributed by atoms with Crippen LogP contribution in [0, 0.1) is 12.8 Å². The molecule has 2 aromatic heterocycles. The van der Waals surface area contributed by atoms with Crippen LogP contribution in [0.3, 0.4) is 0 Å². The Morgan fingerprint density at radius 2 is 1.86 bits per heavy atom. The summed E-state index contributed by atoms with van der Waals surface area (Å²) < 4.78 is 5.82. The minimum atomic E-state index is -0.635. The maximum absolute atomic E-state index is 12.9. The summed E-state index contributed by atoms with van der Waals surface area (Å²) in [5, 5.41) is 2.83. The van der Waals surface area contributed by atoms with Gasteiger partial charge in [-0.2, -0.15) is 0 Å². The first-order chi connectivity index (χ1) is 16.8. The fraction of sp³-hybridized carbons (Fsp3) is 0.556. The molecule has 1 saturated heterocycles. The molecular formula is C27H33N5O3. The van der Waals surface area contributed by atoms with Crippen molar-refractivity contribution in [3.8, 4) is 0 Å². The minimum absolute atomic E-state index is 0.123. The molecule has 8 heteroatoms. The van der Waals surface area contributed by atoms with Gasteiger partial charge in [0, 0.05) is 93.1 Å². The van der Waals surface area contributed by atoms with Crippen molar-refractivity contribution in [2.45, 2.75) is 63.4 Å². The van der Waals surface area contributed by atoms with Crippen molar-refractivity contribution in [1.82, 2.24) is 9.97 Å². The lowest BCUT2D eigenvalue weighted by Crippen LogP contribution is -2.51. The zero-order valence-corrected chi connectivity index (χ0v) is 20.8. The number of ketones is 1. The minimum Gasteiger partial charge on any atom is -0.370 e. The van der Waals surface area contributed by atoms with Crippen molar-refractivity contribution < 1.29 is 14.3 Å². The lowest BCUT2D eigenvalue weighted by molar-refractivity contribution is -0.145. The molecule has 2 aromatic rings. The summed E-state index contributed by atoms with van der Waals surface area (Å²) in [4.78, 5) is 38.5.